The minimum Gasteiger partial charge on any atom is -0.512 e. The van der Waals surface area contributed by atoms with Crippen molar-refractivity contribution in [2.75, 3.05) is 0 Å². The summed E-state index contributed by atoms with van der Waals surface area (Å²) >= 11 is 5.30. The van der Waals surface area contributed by atoms with E-state index in [0.717, 1.165) is 48.3 Å². The zero-order valence-corrected chi connectivity index (χ0v) is 71.7. The SMILES string of the molecule is CC(=O)C=C(C)O.CC(=O)C=C(C)O.CC(=O)C=C(C)O.CC(C)(C)c1cc(-c2cc3ccc(-c4[c-]cccc4)nc3s2)cc(C(C)(C)C)c1.Cc1cc(C(C)(C)C)cc(C)c1-c1cc2ccc(-c3[c-]cccc3)nc2s1.Cc1cc(C)cc(-c2cc3ccc(-c4[c-]cccc4)nc3s2)c1.[Ir].[Ir].[Ir]. The molecule has 3 radical (unpaired) electrons. The Morgan fingerprint density at radius 1 is 0.369 bits per heavy atom. The standard InChI is InChI=1S/C27H28NS.C25H24NS.C21H16NS.3C5H8O2.3Ir/c1-26(2,3)21-14-20(15-22(17-21)27(4,5)6)24-16-19-12-13-23(28-25(19)29-24)18-10-8-7-9-11-18;1-16-13-20(25(3,4)5)14-17(2)23(16)22-15-19-11-12-21(26-24(19)27-22)18-9-7-6-8-10-18;1-14-10-15(2)12-18(11-14)20-13-17-8-9-19(22-21(17)23-20)16-6-4-3-5-7-16;3*1-4(6)3-5(2)7;;;/h7-10,12-17H,1-6H3;6-9,11-15H,1-5H3;3-6,8-13H,1-2H3;3*3,6H,1-2H3;;;/q3*-1;;;;;;. The van der Waals surface area contributed by atoms with Crippen molar-refractivity contribution in [3.63, 3.8) is 0 Å². The van der Waals surface area contributed by atoms with Crippen molar-refractivity contribution in [3.05, 3.63) is 269 Å². The van der Waals surface area contributed by atoms with E-state index in [1.165, 1.54) is 146 Å². The van der Waals surface area contributed by atoms with Crippen molar-refractivity contribution in [2.45, 2.75) is 148 Å². The number of aromatic nitrogens is 3. The minimum absolute atomic E-state index is 0. The summed E-state index contributed by atoms with van der Waals surface area (Å²) in [6, 6.07) is 71.8. The molecule has 0 unspecified atom stereocenters. The van der Waals surface area contributed by atoms with Gasteiger partial charge in [-0.2, -0.15) is 0 Å². The number of carbonyl (C=O) groups is 3. The number of aliphatic hydroxyl groups is 3. The van der Waals surface area contributed by atoms with Gasteiger partial charge in [0.2, 0.25) is 0 Å². The summed E-state index contributed by atoms with van der Waals surface area (Å²) in [6.45, 7) is 37.8. The number of thiophene rings is 3. The Morgan fingerprint density at radius 3 is 0.932 bits per heavy atom. The van der Waals surface area contributed by atoms with E-state index in [0.29, 0.717) is 0 Å². The summed E-state index contributed by atoms with van der Waals surface area (Å²) in [4.78, 5) is 51.8. The number of benzene rings is 6. The van der Waals surface area contributed by atoms with Crippen LogP contribution in [0.2, 0.25) is 0 Å². The normalized spacial score (nSPS) is 11.4. The smallest absolute Gasteiger partial charge is 0.155 e. The molecule has 0 aliphatic heterocycles. The van der Waals surface area contributed by atoms with Crippen LogP contribution in [0.3, 0.4) is 0 Å². The first-order valence-electron chi connectivity index (χ1n) is 33.1. The van der Waals surface area contributed by atoms with Crippen LogP contribution in [0.15, 0.2) is 211 Å². The Balaban J connectivity index is 0.000000284. The number of hydrogen-bond donors (Lipinski definition) is 3. The summed E-state index contributed by atoms with van der Waals surface area (Å²) in [5, 5.41) is 28.7. The maximum Gasteiger partial charge on any atom is 0.155 e. The van der Waals surface area contributed by atoms with Crippen molar-refractivity contribution in [1.82, 2.24) is 15.0 Å². The number of pyridine rings is 3. The van der Waals surface area contributed by atoms with Crippen LogP contribution in [0, 0.1) is 45.9 Å². The third-order valence-corrected chi connectivity index (χ3v) is 18.7. The molecule has 103 heavy (non-hydrogen) atoms. The molecule has 12 rings (SSSR count). The van der Waals surface area contributed by atoms with E-state index in [2.05, 4.69) is 223 Å². The fraction of sp³-hybridized carbons (Fsp3) is 0.250. The predicted octanol–water partition coefficient (Wildman–Crippen LogP) is 24.5. The van der Waals surface area contributed by atoms with Gasteiger partial charge in [0.05, 0.1) is 17.3 Å². The van der Waals surface area contributed by atoms with Crippen molar-refractivity contribution < 1.29 is 90.0 Å². The van der Waals surface area contributed by atoms with Gasteiger partial charge in [-0.1, -0.05) is 146 Å². The van der Waals surface area contributed by atoms with E-state index in [4.69, 9.17) is 30.3 Å². The molecule has 0 saturated carbocycles. The van der Waals surface area contributed by atoms with Crippen LogP contribution < -0.4 is 0 Å². The van der Waals surface area contributed by atoms with Crippen LogP contribution in [-0.4, -0.2) is 47.6 Å². The molecule has 543 valence electrons. The first kappa shape index (κ1) is 87.6. The van der Waals surface area contributed by atoms with E-state index in [-0.39, 0.29) is 111 Å². The van der Waals surface area contributed by atoms with Gasteiger partial charge in [-0.25, -0.2) is 0 Å². The Morgan fingerprint density at radius 2 is 0.660 bits per heavy atom. The van der Waals surface area contributed by atoms with Gasteiger partial charge in [0.25, 0.3) is 0 Å². The number of aliphatic hydroxyl groups excluding tert-OH is 3. The van der Waals surface area contributed by atoms with Gasteiger partial charge >= 0.3 is 0 Å². The molecule has 0 fully saturated rings. The summed E-state index contributed by atoms with van der Waals surface area (Å²) in [6.07, 6.45) is 3.50. The maximum absolute atomic E-state index is 10.0. The number of carbonyl (C=O) groups excluding carboxylic acids is 3. The second kappa shape index (κ2) is 39.4. The Labute approximate surface area is 662 Å². The monoisotopic (exact) mass is 1960 g/mol. The van der Waals surface area contributed by atoms with Gasteiger partial charge in [0.1, 0.15) is 14.5 Å². The van der Waals surface area contributed by atoms with Gasteiger partial charge in [0, 0.05) is 109 Å². The predicted molar refractivity (Wildman–Crippen MR) is 424 cm³/mol. The Bertz CT molecular complexity index is 4780. The molecule has 6 aromatic heterocycles. The zero-order chi connectivity index (χ0) is 73.4. The van der Waals surface area contributed by atoms with Gasteiger partial charge in [-0.15, -0.1) is 142 Å². The van der Waals surface area contributed by atoms with Crippen molar-refractivity contribution >= 4 is 82.0 Å². The average Bonchev–Trinajstić information content (AvgIpc) is 1.72. The maximum atomic E-state index is 10.0. The summed E-state index contributed by atoms with van der Waals surface area (Å²) in [7, 11) is 0. The molecule has 9 nitrogen and oxygen atoms in total. The molecule has 3 N–H and O–H groups in total. The minimum atomic E-state index is -0.125. The number of allylic oxidation sites excluding steroid dienone is 6. The Hall–Kier alpha value is -7.77. The van der Waals surface area contributed by atoms with Gasteiger partial charge < -0.3 is 15.3 Å². The van der Waals surface area contributed by atoms with Crippen molar-refractivity contribution in [2.24, 2.45) is 0 Å². The van der Waals surface area contributed by atoms with Gasteiger partial charge in [0.15, 0.2) is 17.3 Å². The molecule has 0 atom stereocenters. The molecule has 0 spiro atoms. The molecule has 0 amide bonds. The van der Waals surface area contributed by atoms with Crippen molar-refractivity contribution in [3.8, 4) is 65.1 Å². The third-order valence-electron chi connectivity index (χ3n) is 15.4. The van der Waals surface area contributed by atoms with Crippen LogP contribution in [-0.2, 0) is 90.9 Å². The summed E-state index contributed by atoms with van der Waals surface area (Å²) in [5.74, 6) is -0.187. The van der Waals surface area contributed by atoms with Gasteiger partial charge in [-0.05, 0) is 177 Å². The number of nitrogens with zero attached hydrogens (tertiary/aromatic N) is 3. The molecule has 15 heteroatoms. The molecule has 6 heterocycles. The number of hydrogen-bond acceptors (Lipinski definition) is 12. The molecular formula is C88H92Ir3N3O6S3-3. The summed E-state index contributed by atoms with van der Waals surface area (Å²) < 4.78 is 0. The van der Waals surface area contributed by atoms with E-state index < -0.39 is 0 Å². The second-order valence-electron chi connectivity index (χ2n) is 28.0. The molecule has 0 bridgehead atoms. The fourth-order valence-corrected chi connectivity index (χ4v) is 13.9. The van der Waals surface area contributed by atoms with Crippen LogP contribution in [0.4, 0.5) is 0 Å². The second-order valence-corrected chi connectivity index (χ2v) is 31.1. The quantitative estimate of drug-likeness (QED) is 0.0729. The summed E-state index contributed by atoms with van der Waals surface area (Å²) in [5.41, 5.74) is 19.8. The topological polar surface area (TPSA) is 151 Å². The molecule has 0 aliphatic rings. The Kier molecular flexibility index (Phi) is 33.5. The van der Waals surface area contributed by atoms with E-state index in [1.807, 2.05) is 60.7 Å². The molecule has 0 saturated heterocycles. The molecule has 6 aromatic carbocycles. The number of aryl methyl sites for hydroxylation is 4. The van der Waals surface area contributed by atoms with Crippen LogP contribution in [0.5, 0.6) is 0 Å². The van der Waals surface area contributed by atoms with Crippen LogP contribution >= 0.6 is 34.0 Å². The fourth-order valence-electron chi connectivity index (χ4n) is 10.7. The third kappa shape index (κ3) is 26.7. The number of ketones is 3. The first-order chi connectivity index (χ1) is 47.0. The molecule has 0 aliphatic carbocycles. The molecule has 12 aromatic rings. The average molecular weight is 1960 g/mol. The van der Waals surface area contributed by atoms with Crippen LogP contribution in [0.25, 0.3) is 95.7 Å². The largest absolute Gasteiger partial charge is 0.512 e. The van der Waals surface area contributed by atoms with Gasteiger partial charge in [-0.3, -0.25) is 29.3 Å². The van der Waals surface area contributed by atoms with E-state index >= 15 is 0 Å². The number of rotatable bonds is 9. The van der Waals surface area contributed by atoms with Crippen molar-refractivity contribution in [1.29, 1.82) is 0 Å². The van der Waals surface area contributed by atoms with E-state index in [1.54, 1.807) is 34.0 Å². The van der Waals surface area contributed by atoms with Crippen LogP contribution in [0.1, 0.15) is 143 Å². The first-order valence-corrected chi connectivity index (χ1v) is 35.6. The zero-order valence-electron chi connectivity index (χ0n) is 62.1. The molecular weight excluding hydrogens is 1870 g/mol. The van der Waals surface area contributed by atoms with E-state index in [9.17, 15) is 14.4 Å². The number of fused-ring (bicyclic) bond motifs is 3.